The SMILES string of the molecule is Cl.NC(=O)C1CCCCN1C(=O)C[C@@H]1CCC[C@H]1N. The zero-order chi connectivity index (χ0) is 13.1. The molecule has 1 heterocycles. The lowest BCUT2D eigenvalue weighted by Gasteiger charge is -2.34. The lowest BCUT2D eigenvalue weighted by atomic mass is 9.96. The molecular weight excluding hydrogens is 266 g/mol. The molecule has 0 aromatic carbocycles. The van der Waals surface area contributed by atoms with Crippen LogP contribution in [0.5, 0.6) is 0 Å². The van der Waals surface area contributed by atoms with Crippen LogP contribution in [0.3, 0.4) is 0 Å². The number of carbonyl (C=O) groups excluding carboxylic acids is 2. The second-order valence-electron chi connectivity index (χ2n) is 5.56. The summed E-state index contributed by atoms with van der Waals surface area (Å²) < 4.78 is 0. The standard InChI is InChI=1S/C13H23N3O2.ClH/c14-10-5-3-4-9(10)8-12(17)16-7-2-1-6-11(16)13(15)18;/h9-11H,1-8,14H2,(H2,15,18);1H/t9-,10+,11?;/m0./s1. The number of rotatable bonds is 3. The number of halogens is 1. The number of nitrogens with zero attached hydrogens (tertiary/aromatic N) is 1. The van der Waals surface area contributed by atoms with Crippen molar-refractivity contribution in [3.05, 3.63) is 0 Å². The average molecular weight is 290 g/mol. The fourth-order valence-electron chi connectivity index (χ4n) is 3.19. The van der Waals surface area contributed by atoms with Crippen molar-refractivity contribution >= 4 is 24.2 Å². The maximum absolute atomic E-state index is 12.3. The predicted octanol–water partition coefficient (Wildman–Crippen LogP) is 0.792. The molecule has 2 amide bonds. The van der Waals surface area contributed by atoms with E-state index in [1.165, 1.54) is 0 Å². The summed E-state index contributed by atoms with van der Waals surface area (Å²) in [5, 5.41) is 0. The largest absolute Gasteiger partial charge is 0.368 e. The van der Waals surface area contributed by atoms with Crippen LogP contribution in [0, 0.1) is 5.92 Å². The summed E-state index contributed by atoms with van der Waals surface area (Å²) in [5.74, 6) is -0.0347. The van der Waals surface area contributed by atoms with E-state index in [-0.39, 0.29) is 36.2 Å². The lowest BCUT2D eigenvalue weighted by molar-refractivity contribution is -0.141. The van der Waals surface area contributed by atoms with Gasteiger partial charge in [0.1, 0.15) is 6.04 Å². The van der Waals surface area contributed by atoms with Gasteiger partial charge in [-0.15, -0.1) is 12.4 Å². The number of primary amides is 1. The van der Waals surface area contributed by atoms with Crippen molar-refractivity contribution in [2.24, 2.45) is 17.4 Å². The van der Waals surface area contributed by atoms with Crippen LogP contribution in [0.25, 0.3) is 0 Å². The highest BCUT2D eigenvalue weighted by molar-refractivity contribution is 5.87. The first-order valence-corrected chi connectivity index (χ1v) is 6.94. The molecule has 0 radical (unpaired) electrons. The molecule has 6 heteroatoms. The van der Waals surface area contributed by atoms with Gasteiger partial charge in [0.15, 0.2) is 0 Å². The molecule has 1 unspecified atom stereocenters. The van der Waals surface area contributed by atoms with E-state index in [0.29, 0.717) is 19.4 Å². The van der Waals surface area contributed by atoms with Gasteiger partial charge in [0.2, 0.25) is 11.8 Å². The van der Waals surface area contributed by atoms with Crippen molar-refractivity contribution in [2.75, 3.05) is 6.54 Å². The van der Waals surface area contributed by atoms with Gasteiger partial charge in [0, 0.05) is 19.0 Å². The van der Waals surface area contributed by atoms with Crippen LogP contribution in [-0.2, 0) is 9.59 Å². The fraction of sp³-hybridized carbons (Fsp3) is 0.846. The Hall–Kier alpha value is -0.810. The van der Waals surface area contributed by atoms with E-state index < -0.39 is 6.04 Å². The molecular formula is C13H24ClN3O2. The molecule has 5 nitrogen and oxygen atoms in total. The predicted molar refractivity (Wildman–Crippen MR) is 75.7 cm³/mol. The van der Waals surface area contributed by atoms with E-state index in [9.17, 15) is 9.59 Å². The van der Waals surface area contributed by atoms with Crippen LogP contribution in [0.15, 0.2) is 0 Å². The normalized spacial score (nSPS) is 30.8. The van der Waals surface area contributed by atoms with Crippen molar-refractivity contribution in [3.63, 3.8) is 0 Å². The second kappa shape index (κ2) is 7.10. The summed E-state index contributed by atoms with van der Waals surface area (Å²) in [6.45, 7) is 0.661. The number of piperidine rings is 1. The van der Waals surface area contributed by atoms with Crippen molar-refractivity contribution in [2.45, 2.75) is 57.0 Å². The number of hydrogen-bond acceptors (Lipinski definition) is 3. The number of hydrogen-bond donors (Lipinski definition) is 2. The maximum atomic E-state index is 12.3. The van der Waals surface area contributed by atoms with Gasteiger partial charge in [-0.1, -0.05) is 6.42 Å². The van der Waals surface area contributed by atoms with Crippen LogP contribution < -0.4 is 11.5 Å². The van der Waals surface area contributed by atoms with Crippen molar-refractivity contribution in [1.82, 2.24) is 4.90 Å². The molecule has 0 bridgehead atoms. The highest BCUT2D eigenvalue weighted by Gasteiger charge is 2.33. The van der Waals surface area contributed by atoms with Crippen molar-refractivity contribution in [3.8, 4) is 0 Å². The monoisotopic (exact) mass is 289 g/mol. The number of nitrogens with two attached hydrogens (primary N) is 2. The number of carbonyl (C=O) groups is 2. The Morgan fingerprint density at radius 1 is 1.11 bits per heavy atom. The van der Waals surface area contributed by atoms with Gasteiger partial charge in [0.25, 0.3) is 0 Å². The van der Waals surface area contributed by atoms with Gasteiger partial charge >= 0.3 is 0 Å². The lowest BCUT2D eigenvalue weighted by Crippen LogP contribution is -2.51. The zero-order valence-electron chi connectivity index (χ0n) is 11.2. The minimum absolute atomic E-state index is 0. The molecule has 2 fully saturated rings. The molecule has 4 N–H and O–H groups in total. The minimum atomic E-state index is -0.399. The summed E-state index contributed by atoms with van der Waals surface area (Å²) in [4.78, 5) is 25.3. The van der Waals surface area contributed by atoms with Crippen LogP contribution in [0.1, 0.15) is 44.9 Å². The maximum Gasteiger partial charge on any atom is 0.240 e. The topological polar surface area (TPSA) is 89.4 Å². The fourth-order valence-corrected chi connectivity index (χ4v) is 3.19. The molecule has 0 aromatic rings. The minimum Gasteiger partial charge on any atom is -0.368 e. The smallest absolute Gasteiger partial charge is 0.240 e. The number of amides is 2. The highest BCUT2D eigenvalue weighted by Crippen LogP contribution is 2.28. The molecule has 0 spiro atoms. The van der Waals surface area contributed by atoms with Crippen molar-refractivity contribution in [1.29, 1.82) is 0 Å². The average Bonchev–Trinajstić information content (AvgIpc) is 2.75. The summed E-state index contributed by atoms with van der Waals surface area (Å²) >= 11 is 0. The van der Waals surface area contributed by atoms with E-state index in [0.717, 1.165) is 32.1 Å². The third-order valence-electron chi connectivity index (χ3n) is 4.31. The zero-order valence-corrected chi connectivity index (χ0v) is 12.0. The van der Waals surface area contributed by atoms with Crippen LogP contribution in [0.4, 0.5) is 0 Å². The summed E-state index contributed by atoms with van der Waals surface area (Å²) in [6.07, 6.45) is 6.27. The van der Waals surface area contributed by atoms with E-state index in [2.05, 4.69) is 0 Å². The summed E-state index contributed by atoms with van der Waals surface area (Å²) in [6, 6.07) is -0.255. The molecule has 1 aliphatic heterocycles. The Morgan fingerprint density at radius 2 is 1.84 bits per heavy atom. The Bertz CT molecular complexity index is 338. The molecule has 2 aliphatic rings. The molecule has 0 aromatic heterocycles. The van der Waals surface area contributed by atoms with E-state index in [1.54, 1.807) is 4.90 Å². The highest BCUT2D eigenvalue weighted by atomic mass is 35.5. The van der Waals surface area contributed by atoms with Gasteiger partial charge in [-0.2, -0.15) is 0 Å². The Kier molecular flexibility index (Phi) is 6.07. The first-order valence-electron chi connectivity index (χ1n) is 6.94. The first-order chi connectivity index (χ1) is 8.59. The van der Waals surface area contributed by atoms with Crippen LogP contribution in [-0.4, -0.2) is 35.3 Å². The molecule has 1 saturated carbocycles. The molecule has 1 saturated heterocycles. The van der Waals surface area contributed by atoms with E-state index in [4.69, 9.17) is 11.5 Å². The van der Waals surface area contributed by atoms with Crippen LogP contribution >= 0.6 is 12.4 Å². The van der Waals surface area contributed by atoms with Gasteiger partial charge in [-0.25, -0.2) is 0 Å². The van der Waals surface area contributed by atoms with Crippen LogP contribution in [0.2, 0.25) is 0 Å². The molecule has 1 aliphatic carbocycles. The molecule has 19 heavy (non-hydrogen) atoms. The van der Waals surface area contributed by atoms with Crippen molar-refractivity contribution < 1.29 is 9.59 Å². The molecule has 2 rings (SSSR count). The molecule has 110 valence electrons. The third kappa shape index (κ3) is 3.83. The summed E-state index contributed by atoms with van der Waals surface area (Å²) in [7, 11) is 0. The van der Waals surface area contributed by atoms with Gasteiger partial charge in [-0.05, 0) is 38.0 Å². The van der Waals surface area contributed by atoms with Gasteiger partial charge < -0.3 is 16.4 Å². The summed E-state index contributed by atoms with van der Waals surface area (Å²) in [5.41, 5.74) is 11.4. The Labute approximate surface area is 120 Å². The van der Waals surface area contributed by atoms with E-state index >= 15 is 0 Å². The third-order valence-corrected chi connectivity index (χ3v) is 4.31. The van der Waals surface area contributed by atoms with Gasteiger partial charge in [-0.3, -0.25) is 9.59 Å². The number of likely N-dealkylation sites (tertiary alicyclic amines) is 1. The Balaban J connectivity index is 0.00000180. The van der Waals surface area contributed by atoms with E-state index in [1.807, 2.05) is 0 Å². The second-order valence-corrected chi connectivity index (χ2v) is 5.56. The van der Waals surface area contributed by atoms with Gasteiger partial charge in [0.05, 0.1) is 0 Å². The quantitative estimate of drug-likeness (QED) is 0.805. The Morgan fingerprint density at radius 3 is 2.42 bits per heavy atom. The first kappa shape index (κ1) is 16.2. The molecule has 3 atom stereocenters.